The van der Waals surface area contributed by atoms with Crippen LogP contribution in [0.15, 0.2) is 42.7 Å². The molecule has 0 bridgehead atoms. The minimum Gasteiger partial charge on any atom is -0.373 e. The Morgan fingerprint density at radius 1 is 1.33 bits per heavy atom. The average Bonchev–Trinajstić information content (AvgIpc) is 3.17. The highest BCUT2D eigenvalue weighted by Crippen LogP contribution is 2.34. The van der Waals surface area contributed by atoms with Gasteiger partial charge in [0.2, 0.25) is 0 Å². The van der Waals surface area contributed by atoms with Crippen LogP contribution in [0.25, 0.3) is 5.69 Å². The summed E-state index contributed by atoms with van der Waals surface area (Å²) in [5.74, 6) is 0.546. The lowest BCUT2D eigenvalue weighted by molar-refractivity contribution is 0.0905. The Labute approximate surface area is 126 Å². The molecule has 0 amide bonds. The van der Waals surface area contributed by atoms with Gasteiger partial charge in [-0.25, -0.2) is 4.68 Å². The average molecular weight is 285 g/mol. The van der Waals surface area contributed by atoms with Crippen LogP contribution in [0.4, 0.5) is 0 Å². The Hall–Kier alpha value is -1.65. The number of hydrogen-bond acceptors (Lipinski definition) is 3. The summed E-state index contributed by atoms with van der Waals surface area (Å²) in [6.45, 7) is 5.14. The third kappa shape index (κ3) is 3.34. The van der Waals surface area contributed by atoms with Gasteiger partial charge in [0.05, 0.1) is 18.0 Å². The highest BCUT2D eigenvalue weighted by molar-refractivity contribution is 5.31. The molecule has 0 spiro atoms. The van der Waals surface area contributed by atoms with Crippen LogP contribution in [0, 0.1) is 5.92 Å². The van der Waals surface area contributed by atoms with Crippen LogP contribution in [0.3, 0.4) is 0 Å². The van der Waals surface area contributed by atoms with Crippen LogP contribution >= 0.6 is 0 Å². The van der Waals surface area contributed by atoms with Crippen LogP contribution in [0.2, 0.25) is 0 Å². The fraction of sp³-hybridized carbons (Fsp3) is 0.471. The predicted octanol–water partition coefficient (Wildman–Crippen LogP) is 2.95. The van der Waals surface area contributed by atoms with Crippen molar-refractivity contribution < 1.29 is 4.74 Å². The highest BCUT2D eigenvalue weighted by Gasteiger charge is 2.30. The molecule has 0 radical (unpaired) electrons. The van der Waals surface area contributed by atoms with Gasteiger partial charge in [-0.05, 0) is 31.5 Å². The molecule has 3 rings (SSSR count). The molecule has 4 heteroatoms. The number of rotatable bonds is 6. The van der Waals surface area contributed by atoms with Crippen LogP contribution in [0.1, 0.15) is 31.4 Å². The van der Waals surface area contributed by atoms with Crippen molar-refractivity contribution in [2.75, 3.05) is 19.7 Å². The van der Waals surface area contributed by atoms with Crippen LogP contribution in [0.5, 0.6) is 0 Å². The smallest absolute Gasteiger partial charge is 0.0896 e. The first kappa shape index (κ1) is 14.3. The van der Waals surface area contributed by atoms with Gasteiger partial charge in [0, 0.05) is 30.8 Å². The van der Waals surface area contributed by atoms with Gasteiger partial charge in [-0.1, -0.05) is 25.1 Å². The lowest BCUT2D eigenvalue weighted by Gasteiger charge is -2.17. The van der Waals surface area contributed by atoms with E-state index in [1.807, 2.05) is 29.1 Å². The molecule has 0 aliphatic carbocycles. The van der Waals surface area contributed by atoms with Crippen LogP contribution in [-0.4, -0.2) is 29.5 Å². The zero-order valence-corrected chi connectivity index (χ0v) is 12.5. The predicted molar refractivity (Wildman–Crippen MR) is 83.5 cm³/mol. The van der Waals surface area contributed by atoms with Crippen molar-refractivity contribution in [3.05, 3.63) is 48.3 Å². The van der Waals surface area contributed by atoms with Crippen molar-refractivity contribution in [3.63, 3.8) is 0 Å². The van der Waals surface area contributed by atoms with Crippen molar-refractivity contribution in [3.8, 4) is 5.69 Å². The Morgan fingerprint density at radius 3 is 3.00 bits per heavy atom. The van der Waals surface area contributed by atoms with Crippen molar-refractivity contribution in [2.45, 2.75) is 25.9 Å². The Bertz CT molecular complexity index is 552. The Balaban J connectivity index is 1.70. The summed E-state index contributed by atoms with van der Waals surface area (Å²) in [7, 11) is 0. The number of para-hydroxylation sites is 1. The normalized spacial score (nSPS) is 21.8. The molecular formula is C17H23N3O. The minimum absolute atomic E-state index is 0.173. The number of nitrogens with one attached hydrogen (secondary N) is 1. The molecule has 0 saturated carbocycles. The maximum atomic E-state index is 5.94. The molecule has 2 unspecified atom stereocenters. The highest BCUT2D eigenvalue weighted by atomic mass is 16.5. The van der Waals surface area contributed by atoms with Gasteiger partial charge in [-0.15, -0.1) is 0 Å². The monoisotopic (exact) mass is 285 g/mol. The number of ether oxygens (including phenoxy) is 1. The summed E-state index contributed by atoms with van der Waals surface area (Å²) in [6, 6.07) is 10.2. The van der Waals surface area contributed by atoms with Gasteiger partial charge in [-0.3, -0.25) is 0 Å². The Kier molecular flexibility index (Phi) is 4.68. The minimum atomic E-state index is 0.173. The van der Waals surface area contributed by atoms with E-state index in [4.69, 9.17) is 4.74 Å². The third-order valence-electron chi connectivity index (χ3n) is 4.00. The molecule has 1 aromatic heterocycles. The molecule has 2 aromatic rings. The molecule has 1 saturated heterocycles. The first-order chi connectivity index (χ1) is 10.4. The zero-order valence-electron chi connectivity index (χ0n) is 12.5. The van der Waals surface area contributed by atoms with Crippen molar-refractivity contribution >= 4 is 0 Å². The Morgan fingerprint density at radius 2 is 2.19 bits per heavy atom. The van der Waals surface area contributed by atoms with E-state index in [1.165, 1.54) is 12.0 Å². The van der Waals surface area contributed by atoms with Gasteiger partial charge in [0.1, 0.15) is 0 Å². The molecule has 1 aromatic carbocycles. The maximum Gasteiger partial charge on any atom is 0.0896 e. The van der Waals surface area contributed by atoms with E-state index in [2.05, 4.69) is 35.7 Å². The van der Waals surface area contributed by atoms with Gasteiger partial charge >= 0.3 is 0 Å². The second-order valence-corrected chi connectivity index (χ2v) is 5.60. The number of hydrogen-bond donors (Lipinski definition) is 1. The molecule has 112 valence electrons. The van der Waals surface area contributed by atoms with E-state index in [9.17, 15) is 0 Å². The van der Waals surface area contributed by atoms with E-state index in [0.717, 1.165) is 31.8 Å². The van der Waals surface area contributed by atoms with Gasteiger partial charge in [0.15, 0.2) is 0 Å². The summed E-state index contributed by atoms with van der Waals surface area (Å²) in [4.78, 5) is 0. The lowest BCUT2D eigenvalue weighted by atomic mass is 9.97. The van der Waals surface area contributed by atoms with Crippen LogP contribution < -0.4 is 5.32 Å². The van der Waals surface area contributed by atoms with Crippen molar-refractivity contribution in [1.29, 1.82) is 0 Å². The fourth-order valence-electron chi connectivity index (χ4n) is 2.88. The molecule has 21 heavy (non-hydrogen) atoms. The summed E-state index contributed by atoms with van der Waals surface area (Å²) < 4.78 is 7.86. The maximum absolute atomic E-state index is 5.94. The first-order valence-corrected chi connectivity index (χ1v) is 7.81. The largest absolute Gasteiger partial charge is 0.373 e. The van der Waals surface area contributed by atoms with E-state index in [0.29, 0.717) is 5.92 Å². The standard InChI is InChI=1S/C17H23N3O/c1-2-9-18-11-14-8-10-21-17(14)15-12-19-20(13-15)16-6-4-3-5-7-16/h3-7,12-14,17-18H,2,8-11H2,1H3. The molecular weight excluding hydrogens is 262 g/mol. The SMILES string of the molecule is CCCNCC1CCOC1c1cnn(-c2ccccc2)c1. The second kappa shape index (κ2) is 6.87. The van der Waals surface area contributed by atoms with Crippen molar-refractivity contribution in [1.82, 2.24) is 15.1 Å². The molecule has 2 atom stereocenters. The summed E-state index contributed by atoms with van der Waals surface area (Å²) >= 11 is 0. The summed E-state index contributed by atoms with van der Waals surface area (Å²) in [5.41, 5.74) is 2.27. The molecule has 1 fully saturated rings. The van der Waals surface area contributed by atoms with Crippen LogP contribution in [-0.2, 0) is 4.74 Å². The zero-order chi connectivity index (χ0) is 14.5. The van der Waals surface area contributed by atoms with Gasteiger partial charge < -0.3 is 10.1 Å². The number of nitrogens with zero attached hydrogens (tertiary/aromatic N) is 2. The molecule has 1 aliphatic rings. The third-order valence-corrected chi connectivity index (χ3v) is 4.00. The lowest BCUT2D eigenvalue weighted by Crippen LogP contribution is -2.25. The molecule has 4 nitrogen and oxygen atoms in total. The topological polar surface area (TPSA) is 39.1 Å². The fourth-order valence-corrected chi connectivity index (χ4v) is 2.88. The van der Waals surface area contributed by atoms with E-state index in [-0.39, 0.29) is 6.10 Å². The first-order valence-electron chi connectivity index (χ1n) is 7.81. The summed E-state index contributed by atoms with van der Waals surface area (Å²) in [6.07, 6.45) is 6.50. The van der Waals surface area contributed by atoms with E-state index >= 15 is 0 Å². The number of benzene rings is 1. The van der Waals surface area contributed by atoms with E-state index < -0.39 is 0 Å². The molecule has 2 heterocycles. The summed E-state index contributed by atoms with van der Waals surface area (Å²) in [5, 5.41) is 7.99. The molecule has 1 N–H and O–H groups in total. The van der Waals surface area contributed by atoms with Gasteiger partial charge in [0.25, 0.3) is 0 Å². The quantitative estimate of drug-likeness (QED) is 0.829. The molecule has 1 aliphatic heterocycles. The van der Waals surface area contributed by atoms with Crippen molar-refractivity contribution in [2.24, 2.45) is 5.92 Å². The van der Waals surface area contributed by atoms with E-state index in [1.54, 1.807) is 0 Å². The van der Waals surface area contributed by atoms with Gasteiger partial charge in [-0.2, -0.15) is 5.10 Å². The second-order valence-electron chi connectivity index (χ2n) is 5.60. The number of aromatic nitrogens is 2.